The fourth-order valence-electron chi connectivity index (χ4n) is 4.11. The van der Waals surface area contributed by atoms with Gasteiger partial charge in [0, 0.05) is 6.54 Å². The van der Waals surface area contributed by atoms with Gasteiger partial charge in [-0.3, -0.25) is 0 Å². The average molecular weight is 267 g/mol. The third-order valence-electron chi connectivity index (χ3n) is 5.40. The number of hydrogen-bond donors (Lipinski definition) is 1. The van der Waals surface area contributed by atoms with E-state index >= 15 is 0 Å². The van der Waals surface area contributed by atoms with Crippen LogP contribution < -0.4 is 5.32 Å². The van der Waals surface area contributed by atoms with E-state index in [0.717, 1.165) is 18.4 Å². The van der Waals surface area contributed by atoms with E-state index in [1.807, 2.05) is 0 Å². The van der Waals surface area contributed by atoms with Crippen LogP contribution in [0.1, 0.15) is 71.6 Å². The van der Waals surface area contributed by atoms with Crippen molar-refractivity contribution < 1.29 is 4.74 Å². The predicted molar refractivity (Wildman–Crippen MR) is 81.4 cm³/mol. The molecule has 0 aromatic carbocycles. The molecule has 2 nitrogen and oxygen atoms in total. The highest BCUT2D eigenvalue weighted by Gasteiger charge is 2.38. The first-order chi connectivity index (χ1) is 9.17. The lowest BCUT2D eigenvalue weighted by Gasteiger charge is -2.43. The lowest BCUT2D eigenvalue weighted by Crippen LogP contribution is -2.48. The van der Waals surface area contributed by atoms with Crippen LogP contribution in [-0.2, 0) is 4.74 Å². The second kappa shape index (κ2) is 7.08. The molecule has 0 amide bonds. The molecule has 2 atom stereocenters. The molecule has 2 aliphatic rings. The maximum atomic E-state index is 6.66. The van der Waals surface area contributed by atoms with E-state index in [0.29, 0.717) is 6.10 Å². The number of nitrogens with one attached hydrogen (secondary N) is 1. The largest absolute Gasteiger partial charge is 0.370 e. The zero-order chi connectivity index (χ0) is 13.7. The van der Waals surface area contributed by atoms with Crippen LogP contribution in [-0.4, -0.2) is 25.3 Å². The molecule has 2 unspecified atom stereocenters. The summed E-state index contributed by atoms with van der Waals surface area (Å²) < 4.78 is 6.66. The van der Waals surface area contributed by atoms with Gasteiger partial charge in [0.05, 0.1) is 11.7 Å². The van der Waals surface area contributed by atoms with Crippen LogP contribution in [0.15, 0.2) is 0 Å². The van der Waals surface area contributed by atoms with Crippen molar-refractivity contribution in [1.29, 1.82) is 0 Å². The molecule has 0 saturated heterocycles. The van der Waals surface area contributed by atoms with Gasteiger partial charge in [-0.15, -0.1) is 0 Å². The van der Waals surface area contributed by atoms with Gasteiger partial charge >= 0.3 is 0 Å². The fourth-order valence-corrected chi connectivity index (χ4v) is 4.11. The van der Waals surface area contributed by atoms with Crippen LogP contribution in [0.3, 0.4) is 0 Å². The SMILES string of the molecule is CCC1CCC(CNC)(OC2CCCC(C)C2)CC1. The van der Waals surface area contributed by atoms with Crippen LogP contribution >= 0.6 is 0 Å². The van der Waals surface area contributed by atoms with Crippen LogP contribution in [0, 0.1) is 11.8 Å². The summed E-state index contributed by atoms with van der Waals surface area (Å²) in [6.07, 6.45) is 12.4. The smallest absolute Gasteiger partial charge is 0.0810 e. The first-order valence-electron chi connectivity index (χ1n) is 8.50. The summed E-state index contributed by atoms with van der Waals surface area (Å²) in [5, 5.41) is 3.39. The molecule has 0 aromatic rings. The Hall–Kier alpha value is -0.0800. The molecule has 19 heavy (non-hydrogen) atoms. The molecule has 0 aliphatic heterocycles. The van der Waals surface area contributed by atoms with Gasteiger partial charge in [-0.05, 0) is 57.4 Å². The van der Waals surface area contributed by atoms with Gasteiger partial charge in [0.1, 0.15) is 0 Å². The van der Waals surface area contributed by atoms with E-state index in [9.17, 15) is 0 Å². The van der Waals surface area contributed by atoms with Gasteiger partial charge in [-0.25, -0.2) is 0 Å². The standard InChI is InChI=1S/C17H33NO/c1-4-15-8-10-17(11-9-15,13-18-3)19-16-7-5-6-14(2)12-16/h14-16,18H,4-13H2,1-3H3. The molecule has 2 rings (SSSR count). The number of ether oxygens (including phenoxy) is 1. The summed E-state index contributed by atoms with van der Waals surface area (Å²) in [5.41, 5.74) is 0.141. The Bertz CT molecular complexity index is 258. The molecule has 0 bridgehead atoms. The normalized spacial score (nSPS) is 40.3. The van der Waals surface area contributed by atoms with E-state index in [-0.39, 0.29) is 5.60 Å². The third kappa shape index (κ3) is 4.19. The first kappa shape index (κ1) is 15.3. The van der Waals surface area contributed by atoms with E-state index in [2.05, 4.69) is 26.2 Å². The molecule has 0 spiro atoms. The van der Waals surface area contributed by atoms with Crippen molar-refractivity contribution in [3.63, 3.8) is 0 Å². The molecule has 2 aliphatic carbocycles. The van der Waals surface area contributed by atoms with E-state index in [1.165, 1.54) is 57.8 Å². The number of hydrogen-bond acceptors (Lipinski definition) is 2. The van der Waals surface area contributed by atoms with Crippen LogP contribution in [0.4, 0.5) is 0 Å². The monoisotopic (exact) mass is 267 g/mol. The Morgan fingerprint density at radius 2 is 1.89 bits per heavy atom. The summed E-state index contributed by atoms with van der Waals surface area (Å²) in [6.45, 7) is 5.75. The quantitative estimate of drug-likeness (QED) is 0.808. The molecule has 2 saturated carbocycles. The van der Waals surface area contributed by atoms with Crippen LogP contribution in [0.5, 0.6) is 0 Å². The molecule has 2 heteroatoms. The highest BCUT2D eigenvalue weighted by atomic mass is 16.5. The highest BCUT2D eigenvalue weighted by molar-refractivity contribution is 4.90. The van der Waals surface area contributed by atoms with Crippen molar-refractivity contribution in [2.24, 2.45) is 11.8 Å². The lowest BCUT2D eigenvalue weighted by molar-refractivity contribution is -0.131. The zero-order valence-corrected chi connectivity index (χ0v) is 13.2. The van der Waals surface area contributed by atoms with E-state index in [1.54, 1.807) is 0 Å². The van der Waals surface area contributed by atoms with Crippen molar-refractivity contribution in [3.8, 4) is 0 Å². The maximum absolute atomic E-state index is 6.66. The minimum atomic E-state index is 0.141. The molecule has 112 valence electrons. The topological polar surface area (TPSA) is 21.3 Å². The second-order valence-corrected chi connectivity index (χ2v) is 7.08. The Kier molecular flexibility index (Phi) is 5.70. The number of likely N-dealkylation sites (N-methyl/N-ethyl adjacent to an activating group) is 1. The van der Waals surface area contributed by atoms with Crippen LogP contribution in [0.2, 0.25) is 0 Å². The molecule has 0 heterocycles. The molecule has 1 N–H and O–H groups in total. The van der Waals surface area contributed by atoms with Gasteiger partial charge in [0.25, 0.3) is 0 Å². The summed E-state index contributed by atoms with van der Waals surface area (Å²) in [7, 11) is 2.07. The molecule has 2 fully saturated rings. The third-order valence-corrected chi connectivity index (χ3v) is 5.40. The van der Waals surface area contributed by atoms with Crippen molar-refractivity contribution in [2.45, 2.75) is 83.3 Å². The van der Waals surface area contributed by atoms with Crippen LogP contribution in [0.25, 0.3) is 0 Å². The molecule has 0 radical (unpaired) electrons. The Labute approximate surface area is 119 Å². The van der Waals surface area contributed by atoms with E-state index in [4.69, 9.17) is 4.74 Å². The van der Waals surface area contributed by atoms with Crippen molar-refractivity contribution in [3.05, 3.63) is 0 Å². The average Bonchev–Trinajstić information content (AvgIpc) is 2.40. The van der Waals surface area contributed by atoms with Gasteiger partial charge in [0.15, 0.2) is 0 Å². The van der Waals surface area contributed by atoms with Crippen molar-refractivity contribution in [2.75, 3.05) is 13.6 Å². The Morgan fingerprint density at radius 3 is 2.47 bits per heavy atom. The van der Waals surface area contributed by atoms with Crippen molar-refractivity contribution >= 4 is 0 Å². The molecular weight excluding hydrogens is 234 g/mol. The van der Waals surface area contributed by atoms with Gasteiger partial charge in [0.2, 0.25) is 0 Å². The molecular formula is C17H33NO. The predicted octanol–water partition coefficient (Wildman–Crippen LogP) is 4.14. The summed E-state index contributed by atoms with van der Waals surface area (Å²) in [6, 6.07) is 0. The Balaban J connectivity index is 1.91. The minimum absolute atomic E-state index is 0.141. The van der Waals surface area contributed by atoms with Crippen molar-refractivity contribution in [1.82, 2.24) is 5.32 Å². The Morgan fingerprint density at radius 1 is 1.16 bits per heavy atom. The fraction of sp³-hybridized carbons (Fsp3) is 1.00. The minimum Gasteiger partial charge on any atom is -0.370 e. The van der Waals surface area contributed by atoms with Gasteiger partial charge < -0.3 is 10.1 Å². The molecule has 0 aromatic heterocycles. The highest BCUT2D eigenvalue weighted by Crippen LogP contribution is 2.39. The summed E-state index contributed by atoms with van der Waals surface area (Å²) in [5.74, 6) is 1.80. The number of rotatable bonds is 5. The summed E-state index contributed by atoms with van der Waals surface area (Å²) >= 11 is 0. The summed E-state index contributed by atoms with van der Waals surface area (Å²) in [4.78, 5) is 0. The first-order valence-corrected chi connectivity index (χ1v) is 8.50. The maximum Gasteiger partial charge on any atom is 0.0810 e. The van der Waals surface area contributed by atoms with Gasteiger partial charge in [-0.1, -0.05) is 33.1 Å². The van der Waals surface area contributed by atoms with Gasteiger partial charge in [-0.2, -0.15) is 0 Å². The zero-order valence-electron chi connectivity index (χ0n) is 13.2. The lowest BCUT2D eigenvalue weighted by atomic mass is 9.77. The van der Waals surface area contributed by atoms with E-state index < -0.39 is 0 Å². The second-order valence-electron chi connectivity index (χ2n) is 7.08.